The summed E-state index contributed by atoms with van der Waals surface area (Å²) in [7, 11) is 3.01. The topological polar surface area (TPSA) is 178 Å². The zero-order valence-electron chi connectivity index (χ0n) is 32.4. The number of phenolic OH excluding ortho intramolecular Hbond substituents is 1. The monoisotopic (exact) mass is 764 g/mol. The number of benzene rings is 4. The van der Waals surface area contributed by atoms with Gasteiger partial charge < -0.3 is 40.7 Å². The van der Waals surface area contributed by atoms with Crippen molar-refractivity contribution in [3.63, 3.8) is 0 Å². The van der Waals surface area contributed by atoms with Gasteiger partial charge >= 0.3 is 0 Å². The quantitative estimate of drug-likeness (QED) is 0.0832. The van der Waals surface area contributed by atoms with Crippen LogP contribution >= 0.6 is 0 Å². The maximum absolute atomic E-state index is 14.3. The Balaban J connectivity index is 1.41. The normalized spacial score (nSPS) is 17.3. The fourth-order valence-electron chi connectivity index (χ4n) is 6.80. The average molecular weight is 765 g/mol. The van der Waals surface area contributed by atoms with Gasteiger partial charge in [0.25, 0.3) is 0 Å². The van der Waals surface area contributed by atoms with Gasteiger partial charge in [0, 0.05) is 19.0 Å². The van der Waals surface area contributed by atoms with E-state index in [2.05, 4.69) is 21.3 Å². The highest BCUT2D eigenvalue weighted by atomic mass is 16.5. The molecule has 0 saturated heterocycles. The third-order valence-corrected chi connectivity index (χ3v) is 9.89. The minimum absolute atomic E-state index is 0.0836. The van der Waals surface area contributed by atoms with E-state index in [9.17, 15) is 29.7 Å². The molecule has 0 fully saturated rings. The molecular formula is C44H52N4O8. The molecule has 3 amide bonds. The predicted octanol–water partition coefficient (Wildman–Crippen LogP) is 3.97. The second-order valence-electron chi connectivity index (χ2n) is 15.0. The van der Waals surface area contributed by atoms with Crippen LogP contribution in [0.15, 0.2) is 103 Å². The lowest BCUT2D eigenvalue weighted by atomic mass is 9.85. The number of hydrogen-bond donors (Lipinski definition) is 7. The molecule has 0 aliphatic heterocycles. The molecule has 7 N–H and O–H groups in total. The van der Waals surface area contributed by atoms with Crippen LogP contribution in [0, 0.1) is 5.41 Å². The van der Waals surface area contributed by atoms with Gasteiger partial charge in [0.2, 0.25) is 17.7 Å². The first kappa shape index (κ1) is 41.5. The van der Waals surface area contributed by atoms with Crippen molar-refractivity contribution in [3.05, 3.63) is 131 Å². The second-order valence-corrected chi connectivity index (χ2v) is 15.0. The fourth-order valence-corrected chi connectivity index (χ4v) is 6.80. The third-order valence-electron chi connectivity index (χ3n) is 9.89. The van der Waals surface area contributed by atoms with Crippen LogP contribution in [0.2, 0.25) is 0 Å². The van der Waals surface area contributed by atoms with Gasteiger partial charge in [-0.25, -0.2) is 0 Å². The lowest BCUT2D eigenvalue weighted by Gasteiger charge is -2.35. The summed E-state index contributed by atoms with van der Waals surface area (Å²) >= 11 is 0. The number of fused-ring (bicyclic) bond motifs is 1. The van der Waals surface area contributed by atoms with E-state index < -0.39 is 59.5 Å². The molecule has 5 rings (SSSR count). The lowest BCUT2D eigenvalue weighted by Crippen LogP contribution is -2.62. The van der Waals surface area contributed by atoms with Gasteiger partial charge in [-0.15, -0.1) is 0 Å². The molecule has 12 nitrogen and oxygen atoms in total. The van der Waals surface area contributed by atoms with Crippen LogP contribution in [-0.4, -0.2) is 77.6 Å². The molecule has 6 atom stereocenters. The van der Waals surface area contributed by atoms with Crippen LogP contribution in [0.4, 0.5) is 0 Å². The van der Waals surface area contributed by atoms with Gasteiger partial charge in [0.15, 0.2) is 11.5 Å². The van der Waals surface area contributed by atoms with Crippen LogP contribution in [0.1, 0.15) is 54.6 Å². The molecule has 0 saturated carbocycles. The van der Waals surface area contributed by atoms with Crippen LogP contribution in [0.5, 0.6) is 17.2 Å². The van der Waals surface area contributed by atoms with Crippen LogP contribution in [0.25, 0.3) is 6.08 Å². The smallest absolute Gasteiger partial charge is 0.244 e. The predicted molar refractivity (Wildman–Crippen MR) is 214 cm³/mol. The first-order chi connectivity index (χ1) is 26.8. The van der Waals surface area contributed by atoms with Crippen molar-refractivity contribution < 1.29 is 39.2 Å². The van der Waals surface area contributed by atoms with E-state index in [4.69, 9.17) is 9.47 Å². The maximum Gasteiger partial charge on any atom is 0.244 e. The summed E-state index contributed by atoms with van der Waals surface area (Å²) in [6, 6.07) is 24.7. The molecule has 56 heavy (non-hydrogen) atoms. The minimum atomic E-state index is -1.48. The van der Waals surface area contributed by atoms with Gasteiger partial charge in [0.05, 0.1) is 38.5 Å². The zero-order chi connectivity index (χ0) is 40.4. The molecule has 4 aromatic carbocycles. The molecular weight excluding hydrogens is 713 g/mol. The van der Waals surface area contributed by atoms with E-state index in [0.29, 0.717) is 23.5 Å². The Morgan fingerprint density at radius 3 is 2.21 bits per heavy atom. The lowest BCUT2D eigenvalue weighted by molar-refractivity contribution is -0.133. The van der Waals surface area contributed by atoms with Crippen molar-refractivity contribution in [1.82, 2.24) is 21.3 Å². The van der Waals surface area contributed by atoms with Crippen molar-refractivity contribution in [2.45, 2.75) is 76.5 Å². The Bertz CT molecular complexity index is 1980. The molecule has 12 heteroatoms. The minimum Gasteiger partial charge on any atom is -0.504 e. The first-order valence-corrected chi connectivity index (χ1v) is 18.6. The highest BCUT2D eigenvalue weighted by Gasteiger charge is 2.40. The number of carbonyl (C=O) groups excluding carboxylic acids is 3. The SMILES string of the molecule is COc1ccc(CN[C@@H](C(=O)NC2c3ccccc3CC2O)[C@H](O)[C@H](Cc2ccccc2)NC(=O)[C@@H](NC(=O)/C=C/c2ccc(OC)c(O)c2)C(C)(C)C)cc1. The maximum atomic E-state index is 14.3. The van der Waals surface area contributed by atoms with Crippen molar-refractivity contribution in [1.29, 1.82) is 0 Å². The van der Waals surface area contributed by atoms with Gasteiger partial charge in [0.1, 0.15) is 17.8 Å². The molecule has 0 aromatic heterocycles. The number of ether oxygens (including phenoxy) is 2. The number of methoxy groups -OCH3 is 2. The van der Waals surface area contributed by atoms with Crippen molar-refractivity contribution in [2.24, 2.45) is 5.41 Å². The Labute approximate surface area is 327 Å². The largest absolute Gasteiger partial charge is 0.504 e. The summed E-state index contributed by atoms with van der Waals surface area (Å²) in [4.78, 5) is 41.7. The Morgan fingerprint density at radius 2 is 1.55 bits per heavy atom. The summed E-state index contributed by atoms with van der Waals surface area (Å²) in [6.45, 7) is 5.61. The van der Waals surface area contributed by atoms with Crippen molar-refractivity contribution in [3.8, 4) is 17.2 Å². The Hall–Kier alpha value is -5.69. The van der Waals surface area contributed by atoms with Gasteiger partial charge in [-0.3, -0.25) is 19.7 Å². The molecule has 0 radical (unpaired) electrons. The Kier molecular flexibility index (Phi) is 13.9. The molecule has 4 aromatic rings. The summed E-state index contributed by atoms with van der Waals surface area (Å²) in [5.74, 6) is -0.798. The van der Waals surface area contributed by atoms with E-state index in [-0.39, 0.29) is 18.7 Å². The molecule has 1 aliphatic carbocycles. The molecule has 1 aliphatic rings. The first-order valence-electron chi connectivity index (χ1n) is 18.6. The second kappa shape index (κ2) is 18.8. The number of aliphatic hydroxyl groups is 2. The number of hydrogen-bond acceptors (Lipinski definition) is 9. The molecule has 0 spiro atoms. The zero-order valence-corrected chi connectivity index (χ0v) is 32.4. The molecule has 2 unspecified atom stereocenters. The van der Waals surface area contributed by atoms with E-state index in [1.165, 1.54) is 25.3 Å². The Morgan fingerprint density at radius 1 is 0.857 bits per heavy atom. The fraction of sp³-hybridized carbons (Fsp3) is 0.341. The van der Waals surface area contributed by atoms with Crippen LogP contribution in [0.3, 0.4) is 0 Å². The van der Waals surface area contributed by atoms with Crippen molar-refractivity contribution in [2.75, 3.05) is 14.2 Å². The summed E-state index contributed by atoms with van der Waals surface area (Å²) in [5.41, 5.74) is 3.11. The van der Waals surface area contributed by atoms with E-state index >= 15 is 0 Å². The van der Waals surface area contributed by atoms with E-state index in [1.54, 1.807) is 31.4 Å². The summed E-state index contributed by atoms with van der Waals surface area (Å²) < 4.78 is 10.4. The molecule has 296 valence electrons. The van der Waals surface area contributed by atoms with Crippen molar-refractivity contribution >= 4 is 23.8 Å². The number of carbonyl (C=O) groups is 3. The number of amides is 3. The molecule has 0 heterocycles. The number of phenols is 1. The summed E-state index contributed by atoms with van der Waals surface area (Å²) in [5, 5.41) is 45.3. The van der Waals surface area contributed by atoms with Gasteiger partial charge in [-0.2, -0.15) is 0 Å². The van der Waals surface area contributed by atoms with Crippen LogP contribution in [-0.2, 0) is 33.8 Å². The highest BCUT2D eigenvalue weighted by Crippen LogP contribution is 2.32. The third kappa shape index (κ3) is 10.7. The highest BCUT2D eigenvalue weighted by molar-refractivity contribution is 5.96. The van der Waals surface area contributed by atoms with E-state index in [1.807, 2.05) is 87.5 Å². The summed E-state index contributed by atoms with van der Waals surface area (Å²) in [6.07, 6.45) is 0.954. The van der Waals surface area contributed by atoms with Gasteiger partial charge in [-0.1, -0.05) is 93.6 Å². The van der Waals surface area contributed by atoms with E-state index in [0.717, 1.165) is 22.3 Å². The number of rotatable bonds is 16. The number of nitrogens with one attached hydrogen (secondary N) is 4. The molecule has 0 bridgehead atoms. The number of aliphatic hydroxyl groups excluding tert-OH is 2. The average Bonchev–Trinajstić information content (AvgIpc) is 3.49. The van der Waals surface area contributed by atoms with Gasteiger partial charge in [-0.05, 0) is 70.0 Å². The van der Waals surface area contributed by atoms with Crippen LogP contribution < -0.4 is 30.7 Å². The number of aromatic hydroxyl groups is 1. The standard InChI is InChI=1S/C44H52N4O8/c1-44(2,3)41(47-37(51)22-18-28-17-21-36(56-5)34(49)24-28)43(54)46-33(23-27-11-7-6-8-12-27)40(52)39(45-26-29-15-19-31(55-4)20-16-29)42(53)48-38-32-14-10-9-13-30(32)25-35(38)50/h6-22,24,33,35,38-41,45,49-50,52H,23,25-26H2,1-5H3,(H,46,54)(H,47,51)(H,48,53)/b22-18+/t33-,35?,38?,39+,40+,41+/m0/s1.